The van der Waals surface area contributed by atoms with Crippen LogP contribution in [-0.2, 0) is 4.79 Å². The SMILES string of the molecule is O=C(CN1CCCC1)Nc1ccc(NC(=O)c2ccccc2-n2c(=O)[nH]c3ccccc3c2=O)cc1. The summed E-state index contributed by atoms with van der Waals surface area (Å²) in [5, 5.41) is 6.01. The third kappa shape index (κ3) is 4.82. The Labute approximate surface area is 206 Å². The van der Waals surface area contributed by atoms with Crippen molar-refractivity contribution in [1.82, 2.24) is 14.5 Å². The molecule has 5 rings (SSSR count). The van der Waals surface area contributed by atoms with E-state index in [1.54, 1.807) is 72.8 Å². The lowest BCUT2D eigenvalue weighted by molar-refractivity contribution is -0.117. The number of H-pyrrole nitrogens is 1. The summed E-state index contributed by atoms with van der Waals surface area (Å²) in [6.07, 6.45) is 2.24. The largest absolute Gasteiger partial charge is 0.333 e. The van der Waals surface area contributed by atoms with Gasteiger partial charge in [-0.25, -0.2) is 9.36 Å². The van der Waals surface area contributed by atoms with Gasteiger partial charge in [0.25, 0.3) is 11.5 Å². The lowest BCUT2D eigenvalue weighted by Crippen LogP contribution is -2.35. The summed E-state index contributed by atoms with van der Waals surface area (Å²) in [7, 11) is 0. The first-order valence-corrected chi connectivity index (χ1v) is 11.8. The Balaban J connectivity index is 1.35. The summed E-state index contributed by atoms with van der Waals surface area (Å²) in [6.45, 7) is 2.25. The van der Waals surface area contributed by atoms with Crippen LogP contribution in [0.2, 0.25) is 0 Å². The van der Waals surface area contributed by atoms with Gasteiger partial charge in [0.05, 0.1) is 28.7 Å². The first kappa shape index (κ1) is 23.3. The fraction of sp³-hybridized carbons (Fsp3) is 0.185. The molecule has 0 bridgehead atoms. The lowest BCUT2D eigenvalue weighted by atomic mass is 10.1. The molecule has 0 saturated carbocycles. The molecule has 0 aliphatic carbocycles. The van der Waals surface area contributed by atoms with E-state index in [0.29, 0.717) is 28.8 Å². The average molecular weight is 484 g/mol. The Kier molecular flexibility index (Phi) is 6.46. The van der Waals surface area contributed by atoms with Crippen LogP contribution in [0.5, 0.6) is 0 Å². The van der Waals surface area contributed by atoms with Crippen LogP contribution in [0.3, 0.4) is 0 Å². The maximum atomic E-state index is 13.1. The number of hydrogen-bond acceptors (Lipinski definition) is 5. The van der Waals surface area contributed by atoms with E-state index in [0.717, 1.165) is 30.5 Å². The Morgan fingerprint density at radius 2 is 1.44 bits per heavy atom. The first-order valence-electron chi connectivity index (χ1n) is 11.8. The number of benzene rings is 3. The number of fused-ring (bicyclic) bond motifs is 1. The fourth-order valence-electron chi connectivity index (χ4n) is 4.42. The second-order valence-electron chi connectivity index (χ2n) is 8.70. The summed E-state index contributed by atoms with van der Waals surface area (Å²) in [5.41, 5.74) is 0.773. The van der Waals surface area contributed by atoms with Gasteiger partial charge in [0.1, 0.15) is 0 Å². The summed E-state index contributed by atoms with van der Waals surface area (Å²) >= 11 is 0. The Morgan fingerprint density at radius 1 is 0.806 bits per heavy atom. The van der Waals surface area contributed by atoms with E-state index in [9.17, 15) is 19.2 Å². The van der Waals surface area contributed by atoms with E-state index in [-0.39, 0.29) is 17.2 Å². The van der Waals surface area contributed by atoms with Crippen LogP contribution in [0.15, 0.2) is 82.4 Å². The van der Waals surface area contributed by atoms with Gasteiger partial charge < -0.3 is 15.6 Å². The van der Waals surface area contributed by atoms with Gasteiger partial charge >= 0.3 is 5.69 Å². The van der Waals surface area contributed by atoms with Crippen LogP contribution in [0.1, 0.15) is 23.2 Å². The van der Waals surface area contributed by atoms with E-state index in [1.807, 2.05) is 0 Å². The maximum absolute atomic E-state index is 13.1. The number of para-hydroxylation sites is 2. The number of anilines is 2. The molecule has 182 valence electrons. The number of carbonyl (C=O) groups is 2. The van der Waals surface area contributed by atoms with Crippen molar-refractivity contribution in [2.75, 3.05) is 30.3 Å². The number of aromatic amines is 1. The van der Waals surface area contributed by atoms with Gasteiger partial charge in [0.2, 0.25) is 5.91 Å². The predicted octanol–water partition coefficient (Wildman–Crippen LogP) is 2.97. The molecule has 2 heterocycles. The average Bonchev–Trinajstić information content (AvgIpc) is 3.38. The molecule has 3 N–H and O–H groups in total. The third-order valence-corrected chi connectivity index (χ3v) is 6.19. The van der Waals surface area contributed by atoms with Gasteiger partial charge in [0, 0.05) is 11.4 Å². The van der Waals surface area contributed by atoms with Crippen molar-refractivity contribution in [1.29, 1.82) is 0 Å². The number of carbonyl (C=O) groups excluding carboxylic acids is 2. The van der Waals surface area contributed by atoms with Crippen molar-refractivity contribution in [3.63, 3.8) is 0 Å². The summed E-state index contributed by atoms with van der Waals surface area (Å²) in [5.74, 6) is -0.551. The molecule has 1 aliphatic heterocycles. The molecule has 4 aromatic rings. The predicted molar refractivity (Wildman–Crippen MR) is 139 cm³/mol. The topological polar surface area (TPSA) is 116 Å². The molecule has 9 heteroatoms. The van der Waals surface area contributed by atoms with Crippen LogP contribution >= 0.6 is 0 Å². The molecular weight excluding hydrogens is 458 g/mol. The van der Waals surface area contributed by atoms with Crippen molar-refractivity contribution in [2.45, 2.75) is 12.8 Å². The van der Waals surface area contributed by atoms with Crippen LogP contribution in [-0.4, -0.2) is 45.9 Å². The normalized spacial score (nSPS) is 13.6. The lowest BCUT2D eigenvalue weighted by Gasteiger charge is -2.14. The smallest absolute Gasteiger partial charge is 0.325 e. The molecule has 1 saturated heterocycles. The second-order valence-corrected chi connectivity index (χ2v) is 8.70. The highest BCUT2D eigenvalue weighted by molar-refractivity contribution is 6.07. The van der Waals surface area contributed by atoms with Gasteiger partial charge in [-0.1, -0.05) is 24.3 Å². The zero-order valence-corrected chi connectivity index (χ0v) is 19.5. The number of nitrogens with zero attached hydrogens (tertiary/aromatic N) is 2. The van der Waals surface area contributed by atoms with E-state index >= 15 is 0 Å². The molecule has 9 nitrogen and oxygen atoms in total. The minimum atomic E-state index is -0.632. The molecule has 2 amide bonds. The molecule has 3 aromatic carbocycles. The van der Waals surface area contributed by atoms with E-state index in [4.69, 9.17) is 0 Å². The summed E-state index contributed by atoms with van der Waals surface area (Å²) in [6, 6.07) is 19.9. The third-order valence-electron chi connectivity index (χ3n) is 6.19. The van der Waals surface area contributed by atoms with Gasteiger partial charge in [-0.3, -0.25) is 19.3 Å². The minimum Gasteiger partial charge on any atom is -0.325 e. The molecule has 1 aromatic heterocycles. The first-order chi connectivity index (χ1) is 17.5. The monoisotopic (exact) mass is 483 g/mol. The molecule has 36 heavy (non-hydrogen) atoms. The zero-order valence-electron chi connectivity index (χ0n) is 19.5. The molecule has 0 radical (unpaired) electrons. The Morgan fingerprint density at radius 3 is 2.19 bits per heavy atom. The molecular formula is C27H25N5O4. The Bertz CT molecular complexity index is 1550. The number of hydrogen-bond donors (Lipinski definition) is 3. The highest BCUT2D eigenvalue weighted by atomic mass is 16.2. The number of nitrogens with one attached hydrogen (secondary N) is 3. The second kappa shape index (κ2) is 10.0. The van der Waals surface area contributed by atoms with Gasteiger partial charge in [-0.15, -0.1) is 0 Å². The number of likely N-dealkylation sites (tertiary alicyclic amines) is 1. The van der Waals surface area contributed by atoms with Crippen molar-refractivity contribution >= 4 is 34.1 Å². The molecule has 0 unspecified atom stereocenters. The van der Waals surface area contributed by atoms with Gasteiger partial charge in [0.15, 0.2) is 0 Å². The van der Waals surface area contributed by atoms with Crippen molar-refractivity contribution in [3.05, 3.63) is 99.2 Å². The number of rotatable bonds is 6. The quantitative estimate of drug-likeness (QED) is 0.390. The van der Waals surface area contributed by atoms with Crippen molar-refractivity contribution in [3.8, 4) is 5.69 Å². The fourth-order valence-corrected chi connectivity index (χ4v) is 4.42. The number of aromatic nitrogens is 2. The van der Waals surface area contributed by atoms with Crippen LogP contribution < -0.4 is 21.9 Å². The molecule has 1 fully saturated rings. The molecule has 0 spiro atoms. The molecule has 0 atom stereocenters. The van der Waals surface area contributed by atoms with E-state index in [1.165, 1.54) is 0 Å². The van der Waals surface area contributed by atoms with E-state index in [2.05, 4.69) is 20.5 Å². The van der Waals surface area contributed by atoms with Crippen molar-refractivity contribution in [2.24, 2.45) is 0 Å². The summed E-state index contributed by atoms with van der Waals surface area (Å²) in [4.78, 5) is 56.0. The molecule has 1 aliphatic rings. The minimum absolute atomic E-state index is 0.0753. The zero-order chi connectivity index (χ0) is 25.1. The van der Waals surface area contributed by atoms with Crippen molar-refractivity contribution < 1.29 is 9.59 Å². The van der Waals surface area contributed by atoms with E-state index < -0.39 is 17.2 Å². The Hall–Kier alpha value is -4.50. The highest BCUT2D eigenvalue weighted by Gasteiger charge is 2.18. The van der Waals surface area contributed by atoms with Crippen LogP contribution in [0, 0.1) is 0 Å². The standard InChI is InChI=1S/C27H25N5O4/c33-24(17-31-15-5-6-16-31)28-18-11-13-19(14-12-18)29-25(34)21-8-2-4-10-23(21)32-26(35)20-7-1-3-9-22(20)30-27(32)36/h1-4,7-14H,5-6,15-17H2,(H,28,33)(H,29,34)(H,30,36). The van der Waals surface area contributed by atoms with Gasteiger partial charge in [-0.05, 0) is 74.5 Å². The maximum Gasteiger partial charge on any atom is 0.333 e. The number of amides is 2. The van der Waals surface area contributed by atoms with Crippen LogP contribution in [0.25, 0.3) is 16.6 Å². The highest BCUT2D eigenvalue weighted by Crippen LogP contribution is 2.18. The van der Waals surface area contributed by atoms with Gasteiger partial charge in [-0.2, -0.15) is 0 Å². The summed E-state index contributed by atoms with van der Waals surface area (Å²) < 4.78 is 0.968. The van der Waals surface area contributed by atoms with Crippen LogP contribution in [0.4, 0.5) is 11.4 Å².